The van der Waals surface area contributed by atoms with Gasteiger partial charge in [0.15, 0.2) is 5.65 Å². The van der Waals surface area contributed by atoms with Crippen molar-refractivity contribution in [1.29, 1.82) is 0 Å². The summed E-state index contributed by atoms with van der Waals surface area (Å²) in [7, 11) is 0. The maximum Gasteiger partial charge on any atom is 0.252 e. The van der Waals surface area contributed by atoms with Gasteiger partial charge in [0.05, 0.1) is 17.1 Å². The zero-order chi connectivity index (χ0) is 17.6. The average Bonchev–Trinajstić information content (AvgIpc) is 3.19. The number of nitrogens with zero attached hydrogens (tertiary/aromatic N) is 5. The number of pyridine rings is 1. The molecule has 0 aromatic carbocycles. The SMILES string of the molecule is Cc1cc(C(=O)N[C@H]2CCc3nccn3C2)c2cnn(C(C)C)c2n1. The molecule has 1 aliphatic rings. The predicted octanol–water partition coefficient (Wildman–Crippen LogP) is 2.26. The molecule has 4 rings (SSSR count). The molecule has 0 saturated heterocycles. The van der Waals surface area contributed by atoms with Crippen molar-refractivity contribution in [3.63, 3.8) is 0 Å². The van der Waals surface area contributed by atoms with Crippen LogP contribution in [-0.4, -0.2) is 36.3 Å². The van der Waals surface area contributed by atoms with Gasteiger partial charge in [-0.05, 0) is 33.3 Å². The Labute approximate surface area is 146 Å². The van der Waals surface area contributed by atoms with E-state index < -0.39 is 0 Å². The summed E-state index contributed by atoms with van der Waals surface area (Å²) >= 11 is 0. The molecule has 0 bridgehead atoms. The number of carbonyl (C=O) groups excluding carboxylic acids is 1. The Morgan fingerprint density at radius 1 is 1.40 bits per heavy atom. The molecule has 3 aromatic rings. The van der Waals surface area contributed by atoms with Crippen molar-refractivity contribution >= 4 is 16.9 Å². The summed E-state index contributed by atoms with van der Waals surface area (Å²) in [6.45, 7) is 6.79. The smallest absolute Gasteiger partial charge is 0.252 e. The van der Waals surface area contributed by atoms with Gasteiger partial charge in [-0.1, -0.05) is 0 Å². The molecule has 25 heavy (non-hydrogen) atoms. The molecule has 1 atom stereocenters. The molecular weight excluding hydrogens is 316 g/mol. The second-order valence-corrected chi connectivity index (χ2v) is 6.94. The molecule has 0 unspecified atom stereocenters. The highest BCUT2D eigenvalue weighted by Crippen LogP contribution is 2.22. The van der Waals surface area contributed by atoms with E-state index in [0.717, 1.165) is 41.9 Å². The molecule has 0 saturated carbocycles. The van der Waals surface area contributed by atoms with E-state index in [-0.39, 0.29) is 18.0 Å². The summed E-state index contributed by atoms with van der Waals surface area (Å²) in [4.78, 5) is 21.8. The largest absolute Gasteiger partial charge is 0.347 e. The van der Waals surface area contributed by atoms with Gasteiger partial charge in [-0.2, -0.15) is 5.10 Å². The molecule has 0 radical (unpaired) electrons. The summed E-state index contributed by atoms with van der Waals surface area (Å²) in [5.41, 5.74) is 2.23. The lowest BCUT2D eigenvalue weighted by atomic mass is 10.1. The van der Waals surface area contributed by atoms with Crippen LogP contribution in [0.3, 0.4) is 0 Å². The number of carbonyl (C=O) groups is 1. The maximum atomic E-state index is 12.9. The summed E-state index contributed by atoms with van der Waals surface area (Å²) in [5, 5.41) is 8.38. The van der Waals surface area contributed by atoms with Gasteiger partial charge in [0.1, 0.15) is 5.82 Å². The van der Waals surface area contributed by atoms with Crippen LogP contribution in [0.1, 0.15) is 48.2 Å². The zero-order valence-electron chi connectivity index (χ0n) is 14.7. The van der Waals surface area contributed by atoms with Crippen LogP contribution in [0.25, 0.3) is 11.0 Å². The summed E-state index contributed by atoms with van der Waals surface area (Å²) in [6, 6.07) is 2.15. The van der Waals surface area contributed by atoms with Crippen LogP contribution in [0.15, 0.2) is 24.7 Å². The molecule has 130 valence electrons. The van der Waals surface area contributed by atoms with Crippen molar-refractivity contribution in [1.82, 2.24) is 29.6 Å². The molecular formula is C18H22N6O. The molecule has 0 spiro atoms. The number of aromatic nitrogens is 5. The number of hydrogen-bond acceptors (Lipinski definition) is 4. The molecule has 1 N–H and O–H groups in total. The molecule has 1 aliphatic heterocycles. The number of nitrogens with one attached hydrogen (secondary N) is 1. The van der Waals surface area contributed by atoms with Crippen molar-refractivity contribution in [2.24, 2.45) is 0 Å². The third kappa shape index (κ3) is 2.79. The van der Waals surface area contributed by atoms with Gasteiger partial charge in [0.2, 0.25) is 0 Å². The maximum absolute atomic E-state index is 12.9. The van der Waals surface area contributed by atoms with Crippen LogP contribution in [0.4, 0.5) is 0 Å². The van der Waals surface area contributed by atoms with E-state index in [1.54, 1.807) is 6.20 Å². The molecule has 0 aliphatic carbocycles. The minimum Gasteiger partial charge on any atom is -0.347 e. The minimum atomic E-state index is -0.0626. The number of hydrogen-bond donors (Lipinski definition) is 1. The van der Waals surface area contributed by atoms with Crippen molar-refractivity contribution < 1.29 is 4.79 Å². The summed E-state index contributed by atoms with van der Waals surface area (Å²) in [6.07, 6.45) is 7.31. The first-order valence-corrected chi connectivity index (χ1v) is 8.68. The van der Waals surface area contributed by atoms with Gasteiger partial charge in [0.25, 0.3) is 5.91 Å². The highest BCUT2D eigenvalue weighted by atomic mass is 16.1. The fraction of sp³-hybridized carbons (Fsp3) is 0.444. The molecule has 7 nitrogen and oxygen atoms in total. The van der Waals surface area contributed by atoms with E-state index in [2.05, 4.69) is 38.8 Å². The van der Waals surface area contributed by atoms with Crippen molar-refractivity contribution in [2.75, 3.05) is 0 Å². The van der Waals surface area contributed by atoms with Crippen LogP contribution in [0.5, 0.6) is 0 Å². The van der Waals surface area contributed by atoms with Crippen LogP contribution in [0, 0.1) is 6.92 Å². The van der Waals surface area contributed by atoms with E-state index in [4.69, 9.17) is 0 Å². The summed E-state index contributed by atoms with van der Waals surface area (Å²) in [5.74, 6) is 1.03. The average molecular weight is 338 g/mol. The first-order valence-electron chi connectivity index (χ1n) is 8.68. The van der Waals surface area contributed by atoms with Gasteiger partial charge in [-0.25, -0.2) is 14.6 Å². The Kier molecular flexibility index (Phi) is 3.78. The van der Waals surface area contributed by atoms with Crippen molar-refractivity contribution in [3.8, 4) is 0 Å². The number of imidazole rings is 1. The molecule has 1 amide bonds. The standard InChI is InChI=1S/C18H22N6O/c1-11(2)24-17-15(9-20-24)14(8-12(3)21-17)18(25)22-13-4-5-16-19-6-7-23(16)10-13/h6-9,11,13H,4-5,10H2,1-3H3,(H,22,25)/t13-/m0/s1. The lowest BCUT2D eigenvalue weighted by molar-refractivity contribution is 0.0929. The van der Waals surface area contributed by atoms with Gasteiger partial charge >= 0.3 is 0 Å². The summed E-state index contributed by atoms with van der Waals surface area (Å²) < 4.78 is 3.97. The number of rotatable bonds is 3. The third-order valence-electron chi connectivity index (χ3n) is 4.70. The minimum absolute atomic E-state index is 0.0626. The molecule has 0 fully saturated rings. The van der Waals surface area contributed by atoms with Gasteiger partial charge in [0, 0.05) is 43.1 Å². The Balaban J connectivity index is 1.62. The fourth-order valence-corrected chi connectivity index (χ4v) is 3.46. The molecule has 4 heterocycles. The lowest BCUT2D eigenvalue weighted by Crippen LogP contribution is -2.41. The Hall–Kier alpha value is -2.70. The van der Waals surface area contributed by atoms with Crippen LogP contribution in [0.2, 0.25) is 0 Å². The van der Waals surface area contributed by atoms with E-state index in [9.17, 15) is 4.79 Å². The van der Waals surface area contributed by atoms with E-state index in [1.165, 1.54) is 0 Å². The topological polar surface area (TPSA) is 77.6 Å². The predicted molar refractivity (Wildman–Crippen MR) is 94.5 cm³/mol. The molecule has 3 aromatic heterocycles. The van der Waals surface area contributed by atoms with Gasteiger partial charge < -0.3 is 9.88 Å². The van der Waals surface area contributed by atoms with Crippen molar-refractivity contribution in [2.45, 2.75) is 52.2 Å². The fourth-order valence-electron chi connectivity index (χ4n) is 3.46. The Morgan fingerprint density at radius 3 is 3.04 bits per heavy atom. The quantitative estimate of drug-likeness (QED) is 0.795. The first-order chi connectivity index (χ1) is 12.0. The second kappa shape index (κ2) is 5.98. The van der Waals surface area contributed by atoms with E-state index in [0.29, 0.717) is 5.56 Å². The van der Waals surface area contributed by atoms with Gasteiger partial charge in [-0.15, -0.1) is 0 Å². The van der Waals surface area contributed by atoms with Gasteiger partial charge in [-0.3, -0.25) is 4.79 Å². The Bertz CT molecular complexity index is 938. The normalized spacial score (nSPS) is 17.0. The monoisotopic (exact) mass is 338 g/mol. The Morgan fingerprint density at radius 2 is 2.24 bits per heavy atom. The third-order valence-corrected chi connectivity index (χ3v) is 4.70. The van der Waals surface area contributed by atoms with E-state index >= 15 is 0 Å². The van der Waals surface area contributed by atoms with Crippen LogP contribution >= 0.6 is 0 Å². The van der Waals surface area contributed by atoms with E-state index in [1.807, 2.05) is 30.1 Å². The number of amides is 1. The highest BCUT2D eigenvalue weighted by Gasteiger charge is 2.23. The van der Waals surface area contributed by atoms with Crippen LogP contribution < -0.4 is 5.32 Å². The highest BCUT2D eigenvalue weighted by molar-refractivity contribution is 6.05. The first kappa shape index (κ1) is 15.8. The second-order valence-electron chi connectivity index (χ2n) is 6.94. The number of fused-ring (bicyclic) bond motifs is 2. The number of aryl methyl sites for hydroxylation is 2. The van der Waals surface area contributed by atoms with Crippen LogP contribution in [-0.2, 0) is 13.0 Å². The zero-order valence-corrected chi connectivity index (χ0v) is 14.7. The molecule has 7 heteroatoms. The van der Waals surface area contributed by atoms with Crippen molar-refractivity contribution in [3.05, 3.63) is 41.7 Å². The lowest BCUT2D eigenvalue weighted by Gasteiger charge is -2.24.